The van der Waals surface area contributed by atoms with E-state index in [0.29, 0.717) is 34.0 Å². The van der Waals surface area contributed by atoms with Gasteiger partial charge in [-0.3, -0.25) is 4.79 Å². The molecule has 4 rings (SSSR count). The molecule has 29 heavy (non-hydrogen) atoms. The molecule has 1 N–H and O–H groups in total. The number of hydrogen-bond acceptors (Lipinski definition) is 6. The number of rotatable bonds is 5. The molecule has 1 aliphatic heterocycles. The number of piperidine rings is 1. The van der Waals surface area contributed by atoms with Crippen molar-refractivity contribution in [2.45, 2.75) is 40.5 Å². The molecular formula is C22H28N4O3. The minimum absolute atomic E-state index is 0.0183. The fourth-order valence-corrected chi connectivity index (χ4v) is 4.15. The van der Waals surface area contributed by atoms with E-state index >= 15 is 0 Å². The standard InChI is InChI=1S/C22H28N4O3/c1-5-23-12-16-6-8-26(9-7-16)22(27)18-11-19(17-10-13(2)28-15(17)4)24-21-20(18)14(3)25-29-21/h10-11,16,23H,5-9,12H2,1-4H3. The maximum absolute atomic E-state index is 13.4. The third kappa shape index (κ3) is 3.79. The first kappa shape index (κ1) is 19.6. The Morgan fingerprint density at radius 3 is 2.66 bits per heavy atom. The van der Waals surface area contributed by atoms with Crippen LogP contribution in [0.25, 0.3) is 22.4 Å². The highest BCUT2D eigenvalue weighted by molar-refractivity contribution is 6.07. The first-order valence-corrected chi connectivity index (χ1v) is 10.3. The van der Waals surface area contributed by atoms with E-state index in [1.807, 2.05) is 37.8 Å². The maximum Gasteiger partial charge on any atom is 0.259 e. The van der Waals surface area contributed by atoms with Gasteiger partial charge < -0.3 is 19.2 Å². The van der Waals surface area contributed by atoms with E-state index in [1.54, 1.807) is 0 Å². The molecular weight excluding hydrogens is 368 g/mol. The predicted octanol–water partition coefficient (Wildman–Crippen LogP) is 3.87. The number of furan rings is 1. The van der Waals surface area contributed by atoms with E-state index < -0.39 is 0 Å². The van der Waals surface area contributed by atoms with E-state index in [0.717, 1.165) is 56.1 Å². The quantitative estimate of drug-likeness (QED) is 0.705. The van der Waals surface area contributed by atoms with Crippen molar-refractivity contribution < 1.29 is 13.7 Å². The summed E-state index contributed by atoms with van der Waals surface area (Å²) in [6.07, 6.45) is 2.03. The number of nitrogens with one attached hydrogen (secondary N) is 1. The van der Waals surface area contributed by atoms with Gasteiger partial charge in [0.1, 0.15) is 11.5 Å². The molecule has 1 saturated heterocycles. The Kier molecular flexibility index (Phi) is 5.41. The highest BCUT2D eigenvalue weighted by atomic mass is 16.5. The summed E-state index contributed by atoms with van der Waals surface area (Å²) in [6.45, 7) is 11.3. The third-order valence-electron chi connectivity index (χ3n) is 5.75. The average molecular weight is 396 g/mol. The fourth-order valence-electron chi connectivity index (χ4n) is 4.15. The van der Waals surface area contributed by atoms with Crippen LogP contribution in [0, 0.1) is 26.7 Å². The lowest BCUT2D eigenvalue weighted by molar-refractivity contribution is 0.0692. The Balaban J connectivity index is 1.66. The minimum atomic E-state index is 0.0183. The molecule has 7 heteroatoms. The summed E-state index contributed by atoms with van der Waals surface area (Å²) in [4.78, 5) is 20.0. The molecule has 7 nitrogen and oxygen atoms in total. The number of nitrogens with zero attached hydrogens (tertiary/aromatic N) is 3. The first-order chi connectivity index (χ1) is 14.0. The highest BCUT2D eigenvalue weighted by Crippen LogP contribution is 2.31. The molecule has 0 atom stereocenters. The Morgan fingerprint density at radius 2 is 2.00 bits per heavy atom. The van der Waals surface area contributed by atoms with Gasteiger partial charge in [0.25, 0.3) is 11.6 Å². The van der Waals surface area contributed by atoms with Crippen LogP contribution < -0.4 is 5.32 Å². The van der Waals surface area contributed by atoms with Crippen LogP contribution in [0.1, 0.15) is 47.3 Å². The Labute approximate surface area is 170 Å². The van der Waals surface area contributed by atoms with E-state index in [-0.39, 0.29) is 5.91 Å². The predicted molar refractivity (Wildman–Crippen MR) is 111 cm³/mol. The molecule has 0 saturated carbocycles. The summed E-state index contributed by atoms with van der Waals surface area (Å²) in [5.41, 5.74) is 3.23. The number of aryl methyl sites for hydroxylation is 3. The maximum atomic E-state index is 13.4. The molecule has 0 radical (unpaired) electrons. The van der Waals surface area contributed by atoms with E-state index in [2.05, 4.69) is 22.4 Å². The van der Waals surface area contributed by atoms with Crippen LogP contribution in [-0.4, -0.2) is 47.1 Å². The lowest BCUT2D eigenvalue weighted by atomic mass is 9.95. The van der Waals surface area contributed by atoms with Crippen molar-refractivity contribution in [1.29, 1.82) is 0 Å². The van der Waals surface area contributed by atoms with Gasteiger partial charge in [0.2, 0.25) is 0 Å². The lowest BCUT2D eigenvalue weighted by Crippen LogP contribution is -2.40. The zero-order valence-corrected chi connectivity index (χ0v) is 17.5. The number of likely N-dealkylation sites (tertiary alicyclic amines) is 1. The van der Waals surface area contributed by atoms with Crippen molar-refractivity contribution in [2.75, 3.05) is 26.2 Å². The molecule has 0 spiro atoms. The SMILES string of the molecule is CCNCC1CCN(C(=O)c2cc(-c3cc(C)oc3C)nc3onc(C)c23)CC1. The van der Waals surface area contributed by atoms with Gasteiger partial charge in [-0.2, -0.15) is 0 Å². The van der Waals surface area contributed by atoms with Gasteiger partial charge in [0.05, 0.1) is 22.3 Å². The molecule has 3 aromatic heterocycles. The van der Waals surface area contributed by atoms with Crippen LogP contribution in [0.4, 0.5) is 0 Å². The Bertz CT molecular complexity index is 1030. The van der Waals surface area contributed by atoms with Gasteiger partial charge in [0.15, 0.2) is 0 Å². The normalized spacial score (nSPS) is 15.4. The molecule has 1 fully saturated rings. The van der Waals surface area contributed by atoms with Crippen LogP contribution in [0.15, 0.2) is 21.1 Å². The van der Waals surface area contributed by atoms with Gasteiger partial charge in [-0.25, -0.2) is 4.98 Å². The van der Waals surface area contributed by atoms with Crippen LogP contribution in [0.2, 0.25) is 0 Å². The van der Waals surface area contributed by atoms with Crippen LogP contribution in [-0.2, 0) is 0 Å². The molecule has 3 aromatic rings. The molecule has 0 unspecified atom stereocenters. The number of carbonyl (C=O) groups excluding carboxylic acids is 1. The number of carbonyl (C=O) groups is 1. The average Bonchev–Trinajstić information content (AvgIpc) is 3.27. The molecule has 1 amide bonds. The highest BCUT2D eigenvalue weighted by Gasteiger charge is 2.27. The molecule has 154 valence electrons. The summed E-state index contributed by atoms with van der Waals surface area (Å²) < 4.78 is 11.1. The molecule has 0 bridgehead atoms. The van der Waals surface area contributed by atoms with Gasteiger partial charge in [-0.1, -0.05) is 12.1 Å². The van der Waals surface area contributed by atoms with Gasteiger partial charge in [-0.05, 0) is 64.8 Å². The van der Waals surface area contributed by atoms with Gasteiger partial charge in [0, 0.05) is 18.7 Å². The number of aromatic nitrogens is 2. The van der Waals surface area contributed by atoms with Crippen molar-refractivity contribution in [2.24, 2.45) is 5.92 Å². The minimum Gasteiger partial charge on any atom is -0.466 e. The summed E-state index contributed by atoms with van der Waals surface area (Å²) in [6, 6.07) is 3.80. The van der Waals surface area contributed by atoms with Gasteiger partial charge in [-0.15, -0.1) is 0 Å². The van der Waals surface area contributed by atoms with Crippen molar-refractivity contribution in [1.82, 2.24) is 20.4 Å². The van der Waals surface area contributed by atoms with Crippen LogP contribution >= 0.6 is 0 Å². The monoisotopic (exact) mass is 396 g/mol. The zero-order valence-electron chi connectivity index (χ0n) is 17.5. The van der Waals surface area contributed by atoms with Gasteiger partial charge >= 0.3 is 0 Å². The van der Waals surface area contributed by atoms with E-state index in [4.69, 9.17) is 8.94 Å². The van der Waals surface area contributed by atoms with Crippen LogP contribution in [0.3, 0.4) is 0 Å². The number of pyridine rings is 1. The fraction of sp³-hybridized carbons (Fsp3) is 0.500. The van der Waals surface area contributed by atoms with Crippen molar-refractivity contribution >= 4 is 17.0 Å². The Morgan fingerprint density at radius 1 is 1.24 bits per heavy atom. The second-order valence-electron chi connectivity index (χ2n) is 7.87. The lowest BCUT2D eigenvalue weighted by Gasteiger charge is -2.32. The molecule has 0 aromatic carbocycles. The van der Waals surface area contributed by atoms with E-state index in [1.165, 1.54) is 0 Å². The first-order valence-electron chi connectivity index (χ1n) is 10.3. The summed E-state index contributed by atoms with van der Waals surface area (Å²) in [5, 5.41) is 8.17. The van der Waals surface area contributed by atoms with Crippen LogP contribution in [0.5, 0.6) is 0 Å². The van der Waals surface area contributed by atoms with E-state index in [9.17, 15) is 4.79 Å². The number of hydrogen-bond donors (Lipinski definition) is 1. The summed E-state index contributed by atoms with van der Waals surface area (Å²) in [7, 11) is 0. The smallest absolute Gasteiger partial charge is 0.259 e. The Hall–Kier alpha value is -2.67. The third-order valence-corrected chi connectivity index (χ3v) is 5.75. The molecule has 0 aliphatic carbocycles. The second kappa shape index (κ2) is 7.99. The zero-order chi connectivity index (χ0) is 20.5. The topological polar surface area (TPSA) is 84.4 Å². The summed E-state index contributed by atoms with van der Waals surface area (Å²) in [5.74, 6) is 2.22. The number of fused-ring (bicyclic) bond motifs is 1. The molecule has 1 aliphatic rings. The summed E-state index contributed by atoms with van der Waals surface area (Å²) >= 11 is 0. The second-order valence-corrected chi connectivity index (χ2v) is 7.87. The molecule has 4 heterocycles. The van der Waals surface area contributed by atoms with Crippen molar-refractivity contribution in [3.63, 3.8) is 0 Å². The largest absolute Gasteiger partial charge is 0.466 e. The van der Waals surface area contributed by atoms with Crippen molar-refractivity contribution in [3.8, 4) is 11.3 Å². The number of amides is 1. The van der Waals surface area contributed by atoms with Crippen molar-refractivity contribution in [3.05, 3.63) is 34.9 Å².